The molecule has 3 fully saturated rings. The van der Waals surface area contributed by atoms with E-state index in [4.69, 9.17) is 0 Å². The molecule has 98 valence electrons. The Hall–Kier alpha value is -0.220. The fourth-order valence-corrected chi connectivity index (χ4v) is 6.54. The molecule has 2 saturated carbocycles. The van der Waals surface area contributed by atoms with Gasteiger partial charge in [0.05, 0.1) is 0 Å². The maximum Gasteiger partial charge on any atom is 0.161 e. The Balaban J connectivity index is 2.09. The third-order valence-corrected chi connectivity index (χ3v) is 7.44. The van der Waals surface area contributed by atoms with Crippen molar-refractivity contribution < 1.29 is 9.59 Å². The van der Waals surface area contributed by atoms with E-state index in [0.717, 1.165) is 17.1 Å². The lowest BCUT2D eigenvalue weighted by Crippen LogP contribution is -2.28. The van der Waals surface area contributed by atoms with Crippen LogP contribution in [0.15, 0.2) is 9.81 Å². The molecule has 0 N–H and O–H groups in total. The zero-order valence-corrected chi connectivity index (χ0v) is 12.5. The minimum Gasteiger partial charge on any atom is -0.300 e. The van der Waals surface area contributed by atoms with Crippen molar-refractivity contribution >= 4 is 35.1 Å². The second-order valence-corrected chi connectivity index (χ2v) is 8.57. The van der Waals surface area contributed by atoms with Gasteiger partial charge in [0.1, 0.15) is 5.78 Å². The van der Waals surface area contributed by atoms with Crippen LogP contribution in [0.5, 0.6) is 0 Å². The van der Waals surface area contributed by atoms with Crippen molar-refractivity contribution in [2.75, 3.05) is 11.5 Å². The SMILES string of the molecule is C[C@]12CC(=O)C[C@@]1(C)C(=C1SCCCS1)C(=O)C2. The van der Waals surface area contributed by atoms with Gasteiger partial charge in [-0.05, 0) is 23.3 Å². The molecule has 0 aromatic heterocycles. The molecular formula is C14H18O2S2. The number of hydrogen-bond acceptors (Lipinski definition) is 4. The van der Waals surface area contributed by atoms with Crippen LogP contribution in [0.25, 0.3) is 0 Å². The molecule has 0 aromatic carbocycles. The van der Waals surface area contributed by atoms with Crippen LogP contribution in [0.1, 0.15) is 39.5 Å². The van der Waals surface area contributed by atoms with Gasteiger partial charge < -0.3 is 0 Å². The summed E-state index contributed by atoms with van der Waals surface area (Å²) in [6, 6.07) is 0. The van der Waals surface area contributed by atoms with Crippen LogP contribution in [-0.2, 0) is 9.59 Å². The third kappa shape index (κ3) is 1.64. The van der Waals surface area contributed by atoms with Crippen molar-refractivity contribution in [1.29, 1.82) is 0 Å². The molecule has 1 saturated heterocycles. The van der Waals surface area contributed by atoms with E-state index in [1.165, 1.54) is 10.7 Å². The Bertz CT molecular complexity index is 460. The molecule has 2 nitrogen and oxygen atoms in total. The van der Waals surface area contributed by atoms with Crippen LogP contribution in [0.3, 0.4) is 0 Å². The van der Waals surface area contributed by atoms with E-state index in [0.29, 0.717) is 30.8 Å². The zero-order chi connectivity index (χ0) is 13.0. The molecule has 1 aliphatic heterocycles. The number of carbonyl (C=O) groups is 2. The molecule has 0 amide bonds. The second kappa shape index (κ2) is 4.14. The van der Waals surface area contributed by atoms with Gasteiger partial charge >= 0.3 is 0 Å². The maximum atomic E-state index is 12.4. The highest BCUT2D eigenvalue weighted by Gasteiger charge is 2.61. The number of allylic oxidation sites excluding steroid dienone is 1. The van der Waals surface area contributed by atoms with Gasteiger partial charge in [0.2, 0.25) is 0 Å². The molecule has 2 aliphatic carbocycles. The van der Waals surface area contributed by atoms with Crippen LogP contribution >= 0.6 is 23.5 Å². The van der Waals surface area contributed by atoms with Crippen LogP contribution in [0.2, 0.25) is 0 Å². The van der Waals surface area contributed by atoms with Crippen LogP contribution < -0.4 is 0 Å². The van der Waals surface area contributed by atoms with Crippen LogP contribution in [0, 0.1) is 10.8 Å². The van der Waals surface area contributed by atoms with Crippen molar-refractivity contribution in [3.8, 4) is 0 Å². The highest BCUT2D eigenvalue weighted by Crippen LogP contribution is 2.64. The van der Waals surface area contributed by atoms with E-state index < -0.39 is 0 Å². The van der Waals surface area contributed by atoms with Gasteiger partial charge in [-0.2, -0.15) is 0 Å². The summed E-state index contributed by atoms with van der Waals surface area (Å²) in [6.07, 6.45) is 2.93. The van der Waals surface area contributed by atoms with Gasteiger partial charge in [0.15, 0.2) is 5.78 Å². The second-order valence-electron chi connectivity index (χ2n) is 6.10. The quantitative estimate of drug-likeness (QED) is 0.638. The molecule has 0 aromatic rings. The lowest BCUT2D eigenvalue weighted by atomic mass is 9.69. The Morgan fingerprint density at radius 2 is 1.67 bits per heavy atom. The van der Waals surface area contributed by atoms with E-state index in [1.54, 1.807) is 0 Å². The minimum atomic E-state index is -0.201. The first-order chi connectivity index (χ1) is 8.46. The summed E-state index contributed by atoms with van der Waals surface area (Å²) < 4.78 is 1.21. The maximum absolute atomic E-state index is 12.4. The molecule has 3 rings (SSSR count). The van der Waals surface area contributed by atoms with E-state index in [1.807, 2.05) is 23.5 Å². The molecule has 0 radical (unpaired) electrons. The lowest BCUT2D eigenvalue weighted by molar-refractivity contribution is -0.119. The van der Waals surface area contributed by atoms with Gasteiger partial charge in [-0.1, -0.05) is 13.8 Å². The van der Waals surface area contributed by atoms with E-state index in [-0.39, 0.29) is 10.8 Å². The van der Waals surface area contributed by atoms with Gasteiger partial charge in [0.25, 0.3) is 0 Å². The van der Waals surface area contributed by atoms with Crippen molar-refractivity contribution in [2.24, 2.45) is 10.8 Å². The highest BCUT2D eigenvalue weighted by molar-refractivity contribution is 8.22. The first kappa shape index (κ1) is 12.8. The topological polar surface area (TPSA) is 34.1 Å². The van der Waals surface area contributed by atoms with Gasteiger partial charge in [-0.25, -0.2) is 0 Å². The number of rotatable bonds is 0. The molecule has 3 aliphatic rings. The van der Waals surface area contributed by atoms with E-state index in [9.17, 15) is 9.59 Å². The van der Waals surface area contributed by atoms with E-state index >= 15 is 0 Å². The molecule has 1 heterocycles. The summed E-state index contributed by atoms with van der Waals surface area (Å²) in [5, 5.41) is 0. The summed E-state index contributed by atoms with van der Waals surface area (Å²) in [5.74, 6) is 2.85. The normalized spacial score (nSPS) is 40.6. The molecular weight excluding hydrogens is 264 g/mol. The number of carbonyl (C=O) groups excluding carboxylic acids is 2. The molecule has 0 spiro atoms. The largest absolute Gasteiger partial charge is 0.300 e. The zero-order valence-electron chi connectivity index (χ0n) is 10.9. The Morgan fingerprint density at radius 3 is 2.33 bits per heavy atom. The minimum absolute atomic E-state index is 0.123. The average molecular weight is 282 g/mol. The molecule has 2 atom stereocenters. The summed E-state index contributed by atoms with van der Waals surface area (Å²) in [4.78, 5) is 24.3. The predicted molar refractivity (Wildman–Crippen MR) is 76.6 cm³/mol. The first-order valence-corrected chi connectivity index (χ1v) is 8.49. The van der Waals surface area contributed by atoms with Crippen molar-refractivity contribution in [3.63, 3.8) is 0 Å². The number of hydrogen-bond donors (Lipinski definition) is 0. The Kier molecular flexibility index (Phi) is 2.94. The fourth-order valence-electron chi connectivity index (χ4n) is 3.61. The standard InChI is InChI=1S/C14H18O2S2/c1-13-6-9(15)7-14(13,2)11(10(16)8-13)12-17-4-3-5-18-12/h3-8H2,1-2H3/t13-,14+/m1/s1. The average Bonchev–Trinajstić information content (AvgIpc) is 2.60. The smallest absolute Gasteiger partial charge is 0.161 e. The first-order valence-electron chi connectivity index (χ1n) is 6.52. The fraction of sp³-hybridized carbons (Fsp3) is 0.714. The summed E-state index contributed by atoms with van der Waals surface area (Å²) in [6.45, 7) is 4.27. The van der Waals surface area contributed by atoms with Gasteiger partial charge in [-0.3, -0.25) is 9.59 Å². The van der Waals surface area contributed by atoms with Crippen molar-refractivity contribution in [2.45, 2.75) is 39.5 Å². The van der Waals surface area contributed by atoms with Crippen LogP contribution in [0.4, 0.5) is 0 Å². The summed E-state index contributed by atoms with van der Waals surface area (Å²) in [5.41, 5.74) is 0.668. The Labute approximate surface area is 116 Å². The lowest BCUT2D eigenvalue weighted by Gasteiger charge is -2.34. The Morgan fingerprint density at radius 1 is 1.00 bits per heavy atom. The highest BCUT2D eigenvalue weighted by atomic mass is 32.2. The molecule has 0 unspecified atom stereocenters. The van der Waals surface area contributed by atoms with Crippen molar-refractivity contribution in [1.82, 2.24) is 0 Å². The number of ketones is 2. The van der Waals surface area contributed by atoms with Gasteiger partial charge in [0, 0.05) is 34.5 Å². The molecule has 0 bridgehead atoms. The molecule has 4 heteroatoms. The third-order valence-electron chi connectivity index (χ3n) is 4.81. The predicted octanol–water partition coefficient (Wildman–Crippen LogP) is 3.42. The number of thioether (sulfide) groups is 2. The summed E-state index contributed by atoms with van der Waals surface area (Å²) in [7, 11) is 0. The number of fused-ring (bicyclic) bond motifs is 1. The summed E-state index contributed by atoms with van der Waals surface area (Å²) >= 11 is 3.64. The van der Waals surface area contributed by atoms with Crippen LogP contribution in [-0.4, -0.2) is 23.1 Å². The number of Topliss-reactive ketones (excluding diaryl/α,β-unsaturated/α-hetero) is 2. The molecule has 18 heavy (non-hydrogen) atoms. The van der Waals surface area contributed by atoms with E-state index in [2.05, 4.69) is 13.8 Å². The van der Waals surface area contributed by atoms with Gasteiger partial charge in [-0.15, -0.1) is 23.5 Å². The monoisotopic (exact) mass is 282 g/mol. The van der Waals surface area contributed by atoms with Crippen molar-refractivity contribution in [3.05, 3.63) is 9.81 Å².